The zero-order valence-corrected chi connectivity index (χ0v) is 11.8. The van der Waals surface area contributed by atoms with Gasteiger partial charge in [-0.3, -0.25) is 0 Å². The van der Waals surface area contributed by atoms with Gasteiger partial charge in [0.2, 0.25) is 5.69 Å². The van der Waals surface area contributed by atoms with Crippen molar-refractivity contribution in [3.63, 3.8) is 0 Å². The van der Waals surface area contributed by atoms with Crippen LogP contribution in [0.2, 0.25) is 0 Å². The molecule has 0 spiro atoms. The van der Waals surface area contributed by atoms with E-state index in [0.29, 0.717) is 5.69 Å². The first-order chi connectivity index (χ1) is 10.6. The first-order valence-corrected chi connectivity index (χ1v) is 6.91. The Bertz CT molecular complexity index is 722. The Hall–Kier alpha value is -3.01. The molecule has 2 N–H and O–H groups in total. The van der Waals surface area contributed by atoms with Crippen LogP contribution in [0.15, 0.2) is 72.9 Å². The highest BCUT2D eigenvalue weighted by Gasteiger charge is 2.23. The molecule has 22 heavy (non-hydrogen) atoms. The molecule has 0 aliphatic carbocycles. The fraction of sp³-hybridized carbons (Fsp3) is 0.0556. The van der Waals surface area contributed by atoms with Gasteiger partial charge in [-0.25, -0.2) is 0 Å². The lowest BCUT2D eigenvalue weighted by Gasteiger charge is -2.17. The molecule has 0 fully saturated rings. The lowest BCUT2D eigenvalue weighted by molar-refractivity contribution is -0.614. The molecule has 2 aromatic carbocycles. The first-order valence-electron chi connectivity index (χ1n) is 6.91. The van der Waals surface area contributed by atoms with E-state index in [2.05, 4.69) is 0 Å². The predicted octanol–water partition coefficient (Wildman–Crippen LogP) is 2.91. The zero-order chi connectivity index (χ0) is 15.5. The average molecular weight is 293 g/mol. The van der Waals surface area contributed by atoms with Crippen molar-refractivity contribution in [1.29, 1.82) is 0 Å². The molecule has 1 heterocycles. The summed E-state index contributed by atoms with van der Waals surface area (Å²) >= 11 is 0. The van der Waals surface area contributed by atoms with Gasteiger partial charge in [0.15, 0.2) is 6.20 Å². The maximum absolute atomic E-state index is 12.2. The van der Waals surface area contributed by atoms with E-state index < -0.39 is 0 Å². The van der Waals surface area contributed by atoms with E-state index in [1.807, 2.05) is 6.07 Å². The smallest absolute Gasteiger partial charge is 0.204 e. The number of phenolic OH excluding ortho intramolecular Hbond substituents is 2. The van der Waals surface area contributed by atoms with Crippen molar-refractivity contribution in [3.8, 4) is 11.5 Å². The lowest BCUT2D eigenvalue weighted by Crippen LogP contribution is -2.33. The van der Waals surface area contributed by atoms with Gasteiger partial charge in [0.1, 0.15) is 11.5 Å². The molecule has 0 saturated heterocycles. The van der Waals surface area contributed by atoms with Gasteiger partial charge in [-0.2, -0.15) is 4.73 Å². The van der Waals surface area contributed by atoms with Crippen LogP contribution in [-0.4, -0.2) is 10.2 Å². The minimum Gasteiger partial charge on any atom is -0.618 e. The normalized spacial score (nSPS) is 10.8. The maximum atomic E-state index is 12.2. The van der Waals surface area contributed by atoms with Gasteiger partial charge in [-0.1, -0.05) is 24.3 Å². The third-order valence-corrected chi connectivity index (χ3v) is 3.60. The molecule has 4 nitrogen and oxygen atoms in total. The lowest BCUT2D eigenvalue weighted by atomic mass is 9.88. The SMILES string of the molecule is [O-][n+]1ccccc1C(c1ccc(O)cc1)c1ccc(O)cc1. The fourth-order valence-corrected chi connectivity index (χ4v) is 2.53. The molecule has 0 aliphatic heterocycles. The molecule has 0 saturated carbocycles. The number of aromatic nitrogens is 1. The summed E-state index contributed by atoms with van der Waals surface area (Å²) in [6.07, 6.45) is 1.46. The second-order valence-electron chi connectivity index (χ2n) is 5.07. The molecule has 3 rings (SSSR count). The number of benzene rings is 2. The van der Waals surface area contributed by atoms with Crippen LogP contribution < -0.4 is 4.73 Å². The first kappa shape index (κ1) is 13.9. The average Bonchev–Trinajstić information content (AvgIpc) is 2.53. The number of pyridine rings is 1. The Labute approximate surface area is 128 Å². The van der Waals surface area contributed by atoms with Gasteiger partial charge >= 0.3 is 0 Å². The summed E-state index contributed by atoms with van der Waals surface area (Å²) in [6, 6.07) is 18.8. The van der Waals surface area contributed by atoms with E-state index >= 15 is 0 Å². The van der Waals surface area contributed by atoms with Crippen LogP contribution in [0.1, 0.15) is 22.7 Å². The van der Waals surface area contributed by atoms with Crippen LogP contribution in [0.4, 0.5) is 0 Å². The Kier molecular flexibility index (Phi) is 3.66. The molecule has 0 bridgehead atoms. The Morgan fingerprint density at radius 2 is 1.23 bits per heavy atom. The van der Waals surface area contributed by atoms with Gasteiger partial charge in [0.25, 0.3) is 0 Å². The standard InChI is InChI=1S/C18H15NO3/c20-15-8-4-13(5-9-15)18(14-6-10-16(21)11-7-14)17-3-1-2-12-19(17)22/h1-12,18,20-21H. The van der Waals surface area contributed by atoms with Crippen molar-refractivity contribution in [2.24, 2.45) is 0 Å². The van der Waals surface area contributed by atoms with Crippen LogP contribution in [0.5, 0.6) is 11.5 Å². The second-order valence-corrected chi connectivity index (χ2v) is 5.07. The number of hydrogen-bond acceptors (Lipinski definition) is 3. The number of nitrogens with zero attached hydrogens (tertiary/aromatic N) is 1. The minimum absolute atomic E-state index is 0.177. The van der Waals surface area contributed by atoms with Gasteiger partial charge in [0, 0.05) is 12.1 Å². The Morgan fingerprint density at radius 3 is 1.68 bits per heavy atom. The van der Waals surface area contributed by atoms with E-state index in [9.17, 15) is 15.4 Å². The summed E-state index contributed by atoms with van der Waals surface area (Å²) in [5.41, 5.74) is 2.36. The minimum atomic E-state index is -0.278. The highest BCUT2D eigenvalue weighted by molar-refractivity contribution is 5.42. The van der Waals surface area contributed by atoms with Gasteiger partial charge in [-0.15, -0.1) is 0 Å². The number of rotatable bonds is 3. The largest absolute Gasteiger partial charge is 0.618 e. The summed E-state index contributed by atoms with van der Waals surface area (Å²) in [6.45, 7) is 0. The van der Waals surface area contributed by atoms with Crippen molar-refractivity contribution in [1.82, 2.24) is 0 Å². The maximum Gasteiger partial charge on any atom is 0.204 e. The van der Waals surface area contributed by atoms with Crippen molar-refractivity contribution >= 4 is 0 Å². The molecule has 0 unspecified atom stereocenters. The van der Waals surface area contributed by atoms with Gasteiger partial charge < -0.3 is 15.4 Å². The fourth-order valence-electron chi connectivity index (χ4n) is 2.53. The Balaban J connectivity index is 2.16. The van der Waals surface area contributed by atoms with E-state index in [4.69, 9.17) is 0 Å². The second kappa shape index (κ2) is 5.77. The van der Waals surface area contributed by atoms with E-state index in [1.165, 1.54) is 6.20 Å². The summed E-state index contributed by atoms with van der Waals surface area (Å²) in [4.78, 5) is 0. The summed E-state index contributed by atoms with van der Waals surface area (Å²) < 4.78 is 0.838. The van der Waals surface area contributed by atoms with E-state index in [0.717, 1.165) is 15.9 Å². The van der Waals surface area contributed by atoms with Crippen LogP contribution in [-0.2, 0) is 0 Å². The molecule has 1 aromatic heterocycles. The molecular formula is C18H15NO3. The molecule has 110 valence electrons. The number of phenols is 2. The molecule has 0 amide bonds. The molecular weight excluding hydrogens is 278 g/mol. The Morgan fingerprint density at radius 1 is 0.727 bits per heavy atom. The summed E-state index contributed by atoms with van der Waals surface area (Å²) in [5, 5.41) is 31.1. The summed E-state index contributed by atoms with van der Waals surface area (Å²) in [5.74, 6) is 0.0763. The quantitative estimate of drug-likeness (QED) is 0.576. The zero-order valence-electron chi connectivity index (χ0n) is 11.8. The summed E-state index contributed by atoms with van der Waals surface area (Å²) in [7, 11) is 0. The number of hydrogen-bond donors (Lipinski definition) is 2. The predicted molar refractivity (Wildman–Crippen MR) is 82.6 cm³/mol. The van der Waals surface area contributed by atoms with Crippen molar-refractivity contribution in [2.75, 3.05) is 0 Å². The van der Waals surface area contributed by atoms with E-state index in [-0.39, 0.29) is 17.4 Å². The van der Waals surface area contributed by atoms with Crippen molar-refractivity contribution < 1.29 is 14.9 Å². The highest BCUT2D eigenvalue weighted by atomic mass is 16.5. The van der Waals surface area contributed by atoms with Crippen LogP contribution >= 0.6 is 0 Å². The van der Waals surface area contributed by atoms with Crippen LogP contribution in [0.25, 0.3) is 0 Å². The third kappa shape index (κ3) is 2.72. The topological polar surface area (TPSA) is 67.4 Å². The van der Waals surface area contributed by atoms with Crippen molar-refractivity contribution in [3.05, 3.63) is 95.0 Å². The van der Waals surface area contributed by atoms with Gasteiger partial charge in [-0.05, 0) is 41.5 Å². The van der Waals surface area contributed by atoms with Crippen LogP contribution in [0, 0.1) is 5.21 Å². The molecule has 0 atom stereocenters. The molecule has 3 aromatic rings. The number of aromatic hydroxyl groups is 2. The highest BCUT2D eigenvalue weighted by Crippen LogP contribution is 2.31. The van der Waals surface area contributed by atoms with Gasteiger partial charge in [0.05, 0.1) is 5.92 Å². The third-order valence-electron chi connectivity index (χ3n) is 3.60. The van der Waals surface area contributed by atoms with Crippen molar-refractivity contribution in [2.45, 2.75) is 5.92 Å². The molecule has 0 aliphatic rings. The monoisotopic (exact) mass is 293 g/mol. The van der Waals surface area contributed by atoms with Crippen LogP contribution in [0.3, 0.4) is 0 Å². The van der Waals surface area contributed by atoms with E-state index in [1.54, 1.807) is 60.7 Å². The molecule has 4 heteroatoms. The molecule has 0 radical (unpaired) electrons.